The van der Waals surface area contributed by atoms with E-state index in [1.54, 1.807) is 13.8 Å². The van der Waals surface area contributed by atoms with E-state index in [9.17, 15) is 8.42 Å². The van der Waals surface area contributed by atoms with Crippen LogP contribution in [0.15, 0.2) is 35.2 Å². The van der Waals surface area contributed by atoms with Crippen LogP contribution < -0.4 is 19.5 Å². The molecule has 0 aliphatic rings. The van der Waals surface area contributed by atoms with Crippen LogP contribution in [0.5, 0.6) is 11.9 Å². The summed E-state index contributed by atoms with van der Waals surface area (Å²) in [6.45, 7) is 3.49. The van der Waals surface area contributed by atoms with Crippen molar-refractivity contribution >= 4 is 21.5 Å². The molecule has 9 heteroatoms. The minimum Gasteiger partial charge on any atom is -0.481 e. The van der Waals surface area contributed by atoms with Gasteiger partial charge in [-0.3, -0.25) is 0 Å². The van der Waals surface area contributed by atoms with Crippen molar-refractivity contribution < 1.29 is 17.9 Å². The quantitative estimate of drug-likeness (QED) is 0.788. The molecule has 0 saturated carbocycles. The Kier molecular flexibility index (Phi) is 5.13. The van der Waals surface area contributed by atoms with E-state index < -0.39 is 16.1 Å². The number of anilines is 2. The van der Waals surface area contributed by atoms with Crippen molar-refractivity contribution in [3.63, 3.8) is 0 Å². The van der Waals surface area contributed by atoms with Crippen molar-refractivity contribution in [2.75, 3.05) is 24.3 Å². The van der Waals surface area contributed by atoms with Crippen LogP contribution in [-0.4, -0.2) is 38.6 Å². The number of benzene rings is 1. The second-order valence-corrected chi connectivity index (χ2v) is 7.03. The van der Waals surface area contributed by atoms with Gasteiger partial charge in [0.25, 0.3) is 10.0 Å². The van der Waals surface area contributed by atoms with Crippen molar-refractivity contribution in [2.45, 2.75) is 24.8 Å². The predicted molar refractivity (Wildman–Crippen MR) is 90.8 cm³/mol. The Labute approximate surface area is 141 Å². The first kappa shape index (κ1) is 17.8. The normalized spacial score (nSPS) is 11.4. The summed E-state index contributed by atoms with van der Waals surface area (Å²) in [5, 5.41) is 0. The van der Waals surface area contributed by atoms with Crippen LogP contribution >= 0.6 is 0 Å². The molecule has 130 valence electrons. The SMILES string of the molecule is COc1cc(N(C(C)C)S(=O)(=O)c2ccc(N)cc2)nc(OC)n1. The number of nitrogens with two attached hydrogens (primary N) is 1. The molecule has 0 fully saturated rings. The van der Waals surface area contributed by atoms with E-state index in [4.69, 9.17) is 15.2 Å². The lowest BCUT2D eigenvalue weighted by atomic mass is 10.3. The number of methoxy groups -OCH3 is 2. The molecule has 0 bridgehead atoms. The van der Waals surface area contributed by atoms with Crippen molar-refractivity contribution in [3.05, 3.63) is 30.3 Å². The zero-order valence-corrected chi connectivity index (χ0v) is 14.7. The average Bonchev–Trinajstić information content (AvgIpc) is 2.54. The van der Waals surface area contributed by atoms with Gasteiger partial charge in [-0.05, 0) is 38.1 Å². The Hall–Kier alpha value is -2.55. The van der Waals surface area contributed by atoms with E-state index >= 15 is 0 Å². The van der Waals surface area contributed by atoms with Gasteiger partial charge in [-0.25, -0.2) is 12.7 Å². The van der Waals surface area contributed by atoms with Crippen molar-refractivity contribution in [1.82, 2.24) is 9.97 Å². The molecule has 0 radical (unpaired) electrons. The van der Waals surface area contributed by atoms with Gasteiger partial charge in [0, 0.05) is 17.8 Å². The Morgan fingerprint density at radius 2 is 1.71 bits per heavy atom. The van der Waals surface area contributed by atoms with Gasteiger partial charge in [-0.1, -0.05) is 0 Å². The first-order valence-corrected chi connectivity index (χ1v) is 8.60. The smallest absolute Gasteiger partial charge is 0.321 e. The molecule has 8 nitrogen and oxygen atoms in total. The van der Waals surface area contributed by atoms with Gasteiger partial charge in [-0.15, -0.1) is 0 Å². The lowest BCUT2D eigenvalue weighted by molar-refractivity contribution is 0.352. The molecule has 2 aromatic rings. The highest BCUT2D eigenvalue weighted by Crippen LogP contribution is 2.28. The Bertz CT molecular complexity index is 784. The molecule has 1 aromatic heterocycles. The zero-order chi connectivity index (χ0) is 17.9. The van der Waals surface area contributed by atoms with Gasteiger partial charge < -0.3 is 15.2 Å². The third-order valence-corrected chi connectivity index (χ3v) is 5.19. The Balaban J connectivity index is 2.59. The van der Waals surface area contributed by atoms with Gasteiger partial charge in [-0.2, -0.15) is 9.97 Å². The zero-order valence-electron chi connectivity index (χ0n) is 13.9. The van der Waals surface area contributed by atoms with Gasteiger partial charge in [0.1, 0.15) is 0 Å². The van der Waals surface area contributed by atoms with Crippen LogP contribution in [0.1, 0.15) is 13.8 Å². The monoisotopic (exact) mass is 352 g/mol. The first-order valence-electron chi connectivity index (χ1n) is 7.16. The molecule has 0 spiro atoms. The van der Waals surface area contributed by atoms with Crippen LogP contribution in [0.4, 0.5) is 11.5 Å². The maximum Gasteiger partial charge on any atom is 0.321 e. The fourth-order valence-corrected chi connectivity index (χ4v) is 3.72. The number of nitrogens with zero attached hydrogens (tertiary/aromatic N) is 3. The van der Waals surface area contributed by atoms with E-state index in [0.29, 0.717) is 5.69 Å². The molecule has 0 unspecified atom stereocenters. The second-order valence-electron chi connectivity index (χ2n) is 5.22. The maximum atomic E-state index is 13.0. The number of sulfonamides is 1. The van der Waals surface area contributed by atoms with E-state index in [0.717, 1.165) is 0 Å². The lowest BCUT2D eigenvalue weighted by Gasteiger charge is -2.27. The molecule has 24 heavy (non-hydrogen) atoms. The average molecular weight is 352 g/mol. The third kappa shape index (κ3) is 3.51. The molecule has 1 heterocycles. The van der Waals surface area contributed by atoms with Crippen LogP contribution in [0, 0.1) is 0 Å². The van der Waals surface area contributed by atoms with Gasteiger partial charge >= 0.3 is 6.01 Å². The summed E-state index contributed by atoms with van der Waals surface area (Å²) < 4.78 is 37.4. The highest BCUT2D eigenvalue weighted by atomic mass is 32.2. The van der Waals surface area contributed by atoms with Crippen LogP contribution in [0.2, 0.25) is 0 Å². The van der Waals surface area contributed by atoms with Crippen LogP contribution in [0.25, 0.3) is 0 Å². The Morgan fingerprint density at radius 1 is 1.08 bits per heavy atom. The second kappa shape index (κ2) is 6.91. The number of hydrogen-bond acceptors (Lipinski definition) is 7. The number of nitrogen functional groups attached to an aromatic ring is 1. The fraction of sp³-hybridized carbons (Fsp3) is 0.333. The molecule has 0 saturated heterocycles. The standard InChI is InChI=1S/C15H20N4O4S/c1-10(2)19(13-9-14(22-3)18-15(17-13)23-4)24(20,21)12-7-5-11(16)6-8-12/h5-10H,16H2,1-4H3. The summed E-state index contributed by atoms with van der Waals surface area (Å²) >= 11 is 0. The van der Waals surface area contributed by atoms with Gasteiger partial charge in [0.05, 0.1) is 19.1 Å². The summed E-state index contributed by atoms with van der Waals surface area (Å²) in [5.74, 6) is 0.362. The minimum atomic E-state index is -3.84. The number of rotatable bonds is 6. The van der Waals surface area contributed by atoms with Crippen LogP contribution in [-0.2, 0) is 10.0 Å². The van der Waals surface area contributed by atoms with Gasteiger partial charge in [0.15, 0.2) is 5.82 Å². The van der Waals surface area contributed by atoms with E-state index in [-0.39, 0.29) is 22.6 Å². The minimum absolute atomic E-state index is 0.0162. The molecule has 0 amide bonds. The summed E-state index contributed by atoms with van der Waals surface area (Å²) in [5.41, 5.74) is 6.11. The summed E-state index contributed by atoms with van der Waals surface area (Å²) in [6, 6.07) is 7.04. The molecule has 1 aromatic carbocycles. The van der Waals surface area contributed by atoms with Crippen molar-refractivity contribution in [1.29, 1.82) is 0 Å². The fourth-order valence-electron chi connectivity index (χ4n) is 2.12. The van der Waals surface area contributed by atoms with E-state index in [1.807, 2.05) is 0 Å². The summed E-state index contributed by atoms with van der Waals surface area (Å²) in [7, 11) is -1.02. The number of aromatic nitrogens is 2. The topological polar surface area (TPSA) is 108 Å². The molecular weight excluding hydrogens is 332 g/mol. The van der Waals surface area contributed by atoms with E-state index in [1.165, 1.54) is 48.9 Å². The van der Waals surface area contributed by atoms with Gasteiger partial charge in [0.2, 0.25) is 5.88 Å². The lowest BCUT2D eigenvalue weighted by Crippen LogP contribution is -2.37. The summed E-state index contributed by atoms with van der Waals surface area (Å²) in [6.07, 6.45) is 0. The van der Waals surface area contributed by atoms with Crippen LogP contribution in [0.3, 0.4) is 0 Å². The first-order chi connectivity index (χ1) is 11.3. The third-order valence-electron chi connectivity index (χ3n) is 3.19. The summed E-state index contributed by atoms with van der Waals surface area (Å²) in [4.78, 5) is 8.24. The van der Waals surface area contributed by atoms with Crippen molar-refractivity contribution in [2.24, 2.45) is 0 Å². The molecule has 0 atom stereocenters. The van der Waals surface area contributed by atoms with Crippen molar-refractivity contribution in [3.8, 4) is 11.9 Å². The maximum absolute atomic E-state index is 13.0. The highest BCUT2D eigenvalue weighted by molar-refractivity contribution is 7.92. The molecular formula is C15H20N4O4S. The molecule has 0 aliphatic heterocycles. The number of ether oxygens (including phenoxy) is 2. The highest BCUT2D eigenvalue weighted by Gasteiger charge is 2.29. The molecule has 0 aliphatic carbocycles. The van der Waals surface area contributed by atoms with E-state index in [2.05, 4.69) is 9.97 Å². The predicted octanol–water partition coefficient (Wildman–Crippen LogP) is 1.68. The molecule has 2 N–H and O–H groups in total. The molecule has 2 rings (SSSR count). The largest absolute Gasteiger partial charge is 0.481 e. The number of hydrogen-bond donors (Lipinski definition) is 1. The Morgan fingerprint density at radius 3 is 2.21 bits per heavy atom.